The van der Waals surface area contributed by atoms with Crippen LogP contribution in [0.5, 0.6) is 5.75 Å². The van der Waals surface area contributed by atoms with Gasteiger partial charge in [0.05, 0.1) is 7.11 Å². The third kappa shape index (κ3) is 3.57. The minimum absolute atomic E-state index is 0.847. The molecule has 0 saturated heterocycles. The van der Waals surface area contributed by atoms with Crippen molar-refractivity contribution in [3.05, 3.63) is 84.9 Å². The molecule has 0 bridgehead atoms. The first kappa shape index (κ1) is 17.3. The number of anilines is 2. The van der Waals surface area contributed by atoms with Gasteiger partial charge in [-0.15, -0.1) is 0 Å². The summed E-state index contributed by atoms with van der Waals surface area (Å²) in [5, 5.41) is 2.12. The van der Waals surface area contributed by atoms with Crippen LogP contribution in [-0.2, 0) is 0 Å². The van der Waals surface area contributed by atoms with Gasteiger partial charge < -0.3 is 9.64 Å². The smallest absolute Gasteiger partial charge is 0.126 e. The molecule has 0 N–H and O–H groups in total. The summed E-state index contributed by atoms with van der Waals surface area (Å²) in [7, 11) is 3.77. The van der Waals surface area contributed by atoms with E-state index in [1.165, 1.54) is 0 Å². The van der Waals surface area contributed by atoms with E-state index in [-0.39, 0.29) is 0 Å². The number of hydrogen-bond acceptors (Lipinski definition) is 4. The highest BCUT2D eigenvalue weighted by molar-refractivity contribution is 7.19. The molecule has 0 radical (unpaired) electrons. The molecule has 0 aliphatic rings. The lowest BCUT2D eigenvalue weighted by atomic mass is 10.1. The molecule has 27 heavy (non-hydrogen) atoms. The average Bonchev–Trinajstić information content (AvgIpc) is 3.20. The van der Waals surface area contributed by atoms with E-state index in [1.807, 2.05) is 36.4 Å². The van der Waals surface area contributed by atoms with Gasteiger partial charge in [-0.05, 0) is 36.4 Å². The first-order valence-corrected chi connectivity index (χ1v) is 9.57. The fourth-order valence-electron chi connectivity index (χ4n) is 2.95. The van der Waals surface area contributed by atoms with Gasteiger partial charge in [0.1, 0.15) is 21.5 Å². The third-order valence-electron chi connectivity index (χ3n) is 4.44. The van der Waals surface area contributed by atoms with Crippen LogP contribution in [-0.4, -0.2) is 19.1 Å². The molecule has 4 rings (SSSR count). The van der Waals surface area contributed by atoms with Crippen LogP contribution in [0.3, 0.4) is 0 Å². The molecule has 0 unspecified atom stereocenters. The number of benzene rings is 3. The molecule has 134 valence electrons. The summed E-state index contributed by atoms with van der Waals surface area (Å²) in [6, 6.07) is 28.8. The maximum absolute atomic E-state index is 5.27. The van der Waals surface area contributed by atoms with E-state index in [4.69, 9.17) is 9.72 Å². The highest BCUT2D eigenvalue weighted by Crippen LogP contribution is 2.42. The molecule has 1 aromatic heterocycles. The molecule has 0 atom stereocenters. The van der Waals surface area contributed by atoms with Crippen LogP contribution in [0.25, 0.3) is 21.8 Å². The SMILES string of the molecule is COc1ccc(-c2nc(-c3ccccc3)c(N(C)c3ccccc3)s2)cc1. The molecule has 0 fully saturated rings. The molecule has 3 nitrogen and oxygen atoms in total. The third-order valence-corrected chi connectivity index (χ3v) is 5.62. The van der Waals surface area contributed by atoms with Gasteiger partial charge in [-0.1, -0.05) is 59.9 Å². The molecule has 1 heterocycles. The predicted octanol–water partition coefficient (Wildman–Crippen LogP) is 6.25. The monoisotopic (exact) mass is 372 g/mol. The lowest BCUT2D eigenvalue weighted by molar-refractivity contribution is 0.415. The Hall–Kier alpha value is -3.11. The number of thiazole rings is 1. The number of methoxy groups -OCH3 is 1. The summed E-state index contributed by atoms with van der Waals surface area (Å²) in [6.45, 7) is 0. The summed E-state index contributed by atoms with van der Waals surface area (Å²) in [4.78, 5) is 7.19. The van der Waals surface area contributed by atoms with E-state index in [2.05, 4.69) is 60.5 Å². The molecular formula is C23H20N2OS. The van der Waals surface area contributed by atoms with Crippen molar-refractivity contribution < 1.29 is 4.74 Å². The van der Waals surface area contributed by atoms with Crippen LogP contribution >= 0.6 is 11.3 Å². The van der Waals surface area contributed by atoms with Gasteiger partial charge in [-0.3, -0.25) is 0 Å². The van der Waals surface area contributed by atoms with Crippen molar-refractivity contribution in [1.29, 1.82) is 0 Å². The van der Waals surface area contributed by atoms with Crippen molar-refractivity contribution >= 4 is 22.0 Å². The number of hydrogen-bond donors (Lipinski definition) is 0. The van der Waals surface area contributed by atoms with Gasteiger partial charge in [0, 0.05) is 23.9 Å². The molecule has 0 amide bonds. The highest BCUT2D eigenvalue weighted by atomic mass is 32.1. The van der Waals surface area contributed by atoms with E-state index < -0.39 is 0 Å². The molecule has 4 heteroatoms. The molecule has 0 spiro atoms. The van der Waals surface area contributed by atoms with Crippen LogP contribution < -0.4 is 9.64 Å². The van der Waals surface area contributed by atoms with E-state index in [9.17, 15) is 0 Å². The van der Waals surface area contributed by atoms with Crippen molar-refractivity contribution in [3.63, 3.8) is 0 Å². The van der Waals surface area contributed by atoms with Crippen LogP contribution in [0.4, 0.5) is 10.7 Å². The van der Waals surface area contributed by atoms with Crippen LogP contribution in [0.1, 0.15) is 0 Å². The summed E-state index contributed by atoms with van der Waals surface area (Å²) >= 11 is 1.70. The first-order valence-electron chi connectivity index (χ1n) is 8.75. The Balaban J connectivity index is 1.82. The Labute approximate surface area is 163 Å². The Morgan fingerprint density at radius 3 is 2.04 bits per heavy atom. The molecule has 4 aromatic rings. The van der Waals surface area contributed by atoms with Gasteiger partial charge >= 0.3 is 0 Å². The molecule has 0 aliphatic heterocycles. The number of nitrogens with zero attached hydrogens (tertiary/aromatic N) is 2. The second-order valence-corrected chi connectivity index (χ2v) is 7.14. The van der Waals surface area contributed by atoms with Gasteiger partial charge in [-0.25, -0.2) is 4.98 Å². The van der Waals surface area contributed by atoms with Crippen molar-refractivity contribution in [2.24, 2.45) is 0 Å². The maximum Gasteiger partial charge on any atom is 0.126 e. The van der Waals surface area contributed by atoms with E-state index in [0.29, 0.717) is 0 Å². The van der Waals surface area contributed by atoms with Crippen molar-refractivity contribution in [1.82, 2.24) is 4.98 Å². The Bertz CT molecular complexity index is 1010. The normalized spacial score (nSPS) is 10.6. The van der Waals surface area contributed by atoms with Gasteiger partial charge in [0.15, 0.2) is 0 Å². The standard InChI is InChI=1S/C23H20N2OS/c1-25(19-11-7-4-8-12-19)23-21(17-9-5-3-6-10-17)24-22(27-23)18-13-15-20(26-2)16-14-18/h3-16H,1-2H3. The Kier molecular flexibility index (Phi) is 4.90. The zero-order chi connectivity index (χ0) is 18.6. The van der Waals surface area contributed by atoms with Gasteiger partial charge in [0.2, 0.25) is 0 Å². The first-order chi connectivity index (χ1) is 13.3. The number of para-hydroxylation sites is 1. The van der Waals surface area contributed by atoms with Crippen LogP contribution in [0.2, 0.25) is 0 Å². The summed E-state index contributed by atoms with van der Waals surface area (Å²) in [6.07, 6.45) is 0. The molecule has 0 aliphatic carbocycles. The minimum atomic E-state index is 0.847. The Morgan fingerprint density at radius 2 is 1.41 bits per heavy atom. The van der Waals surface area contributed by atoms with E-state index >= 15 is 0 Å². The number of rotatable bonds is 5. The van der Waals surface area contributed by atoms with E-state index in [0.717, 1.165) is 38.3 Å². The predicted molar refractivity (Wildman–Crippen MR) is 114 cm³/mol. The fourth-order valence-corrected chi connectivity index (χ4v) is 4.03. The fraction of sp³-hybridized carbons (Fsp3) is 0.0870. The largest absolute Gasteiger partial charge is 0.497 e. The highest BCUT2D eigenvalue weighted by Gasteiger charge is 2.18. The average molecular weight is 372 g/mol. The second-order valence-electron chi connectivity index (χ2n) is 6.16. The lowest BCUT2D eigenvalue weighted by Gasteiger charge is -2.18. The zero-order valence-corrected chi connectivity index (χ0v) is 16.1. The number of ether oxygens (including phenoxy) is 1. The maximum atomic E-state index is 5.27. The van der Waals surface area contributed by atoms with Crippen LogP contribution in [0, 0.1) is 0 Å². The summed E-state index contributed by atoms with van der Waals surface area (Å²) in [5.41, 5.74) is 4.34. The molecule has 3 aromatic carbocycles. The van der Waals surface area contributed by atoms with Crippen molar-refractivity contribution in [2.45, 2.75) is 0 Å². The second kappa shape index (κ2) is 7.64. The van der Waals surface area contributed by atoms with Crippen molar-refractivity contribution in [3.8, 4) is 27.6 Å². The minimum Gasteiger partial charge on any atom is -0.497 e. The Morgan fingerprint density at radius 1 is 0.778 bits per heavy atom. The van der Waals surface area contributed by atoms with Crippen LogP contribution in [0.15, 0.2) is 84.9 Å². The zero-order valence-electron chi connectivity index (χ0n) is 15.3. The van der Waals surface area contributed by atoms with Crippen molar-refractivity contribution in [2.75, 3.05) is 19.1 Å². The lowest BCUT2D eigenvalue weighted by Crippen LogP contribution is -2.08. The number of aromatic nitrogens is 1. The topological polar surface area (TPSA) is 25.4 Å². The van der Waals surface area contributed by atoms with Gasteiger partial charge in [-0.2, -0.15) is 0 Å². The molecular weight excluding hydrogens is 352 g/mol. The van der Waals surface area contributed by atoms with Gasteiger partial charge in [0.25, 0.3) is 0 Å². The quantitative estimate of drug-likeness (QED) is 0.414. The van der Waals surface area contributed by atoms with E-state index in [1.54, 1.807) is 18.4 Å². The summed E-state index contributed by atoms with van der Waals surface area (Å²) < 4.78 is 5.27. The summed E-state index contributed by atoms with van der Waals surface area (Å²) in [5.74, 6) is 0.847. The molecule has 0 saturated carbocycles.